The highest BCUT2D eigenvalue weighted by atomic mass is 16.5. The molecule has 0 amide bonds. The summed E-state index contributed by atoms with van der Waals surface area (Å²) in [5, 5.41) is 9.71. The van der Waals surface area contributed by atoms with E-state index >= 15 is 0 Å². The molecule has 3 atom stereocenters. The average molecular weight is 206 g/mol. The second-order valence-electron chi connectivity index (χ2n) is 4.38. The SMILES string of the molecule is COc1ccc(C2CCC(O)C2C)cc1. The van der Waals surface area contributed by atoms with Gasteiger partial charge < -0.3 is 9.84 Å². The van der Waals surface area contributed by atoms with Crippen molar-refractivity contribution in [3.63, 3.8) is 0 Å². The van der Waals surface area contributed by atoms with Gasteiger partial charge in [-0.1, -0.05) is 19.1 Å². The van der Waals surface area contributed by atoms with E-state index in [1.165, 1.54) is 5.56 Å². The molecular weight excluding hydrogens is 188 g/mol. The largest absolute Gasteiger partial charge is 0.497 e. The Morgan fingerprint density at radius 1 is 1.20 bits per heavy atom. The van der Waals surface area contributed by atoms with Crippen LogP contribution in [0.2, 0.25) is 0 Å². The predicted molar refractivity (Wildman–Crippen MR) is 60.1 cm³/mol. The molecule has 0 radical (unpaired) electrons. The first-order valence-corrected chi connectivity index (χ1v) is 5.54. The van der Waals surface area contributed by atoms with Gasteiger partial charge in [-0.25, -0.2) is 0 Å². The van der Waals surface area contributed by atoms with E-state index in [1.807, 2.05) is 12.1 Å². The van der Waals surface area contributed by atoms with Crippen LogP contribution in [0.5, 0.6) is 5.75 Å². The van der Waals surface area contributed by atoms with Gasteiger partial charge in [-0.05, 0) is 42.4 Å². The number of benzene rings is 1. The lowest BCUT2D eigenvalue weighted by Crippen LogP contribution is -2.13. The zero-order chi connectivity index (χ0) is 10.8. The monoisotopic (exact) mass is 206 g/mol. The van der Waals surface area contributed by atoms with Crippen molar-refractivity contribution in [2.75, 3.05) is 7.11 Å². The van der Waals surface area contributed by atoms with Gasteiger partial charge in [0.1, 0.15) is 5.75 Å². The molecule has 0 heterocycles. The quantitative estimate of drug-likeness (QED) is 0.805. The van der Waals surface area contributed by atoms with E-state index < -0.39 is 0 Å². The van der Waals surface area contributed by atoms with Crippen LogP contribution in [0.4, 0.5) is 0 Å². The summed E-state index contributed by atoms with van der Waals surface area (Å²) in [5.41, 5.74) is 1.32. The Morgan fingerprint density at radius 2 is 1.87 bits per heavy atom. The maximum absolute atomic E-state index is 9.71. The fourth-order valence-corrected chi connectivity index (χ4v) is 2.47. The van der Waals surface area contributed by atoms with Crippen molar-refractivity contribution in [2.24, 2.45) is 5.92 Å². The van der Waals surface area contributed by atoms with Crippen molar-refractivity contribution >= 4 is 0 Å². The van der Waals surface area contributed by atoms with Crippen LogP contribution in [0.25, 0.3) is 0 Å². The second-order valence-corrected chi connectivity index (χ2v) is 4.38. The van der Waals surface area contributed by atoms with Gasteiger partial charge in [0.15, 0.2) is 0 Å². The summed E-state index contributed by atoms with van der Waals surface area (Å²) in [6.07, 6.45) is 1.89. The van der Waals surface area contributed by atoms with Crippen LogP contribution in [0, 0.1) is 5.92 Å². The summed E-state index contributed by atoms with van der Waals surface area (Å²) in [5.74, 6) is 1.77. The van der Waals surface area contributed by atoms with Gasteiger partial charge in [-0.3, -0.25) is 0 Å². The molecule has 2 rings (SSSR count). The van der Waals surface area contributed by atoms with E-state index in [2.05, 4.69) is 19.1 Å². The molecule has 82 valence electrons. The first-order chi connectivity index (χ1) is 7.22. The molecule has 1 aliphatic rings. The van der Waals surface area contributed by atoms with E-state index in [0.717, 1.165) is 18.6 Å². The molecule has 1 fully saturated rings. The van der Waals surface area contributed by atoms with E-state index in [0.29, 0.717) is 11.8 Å². The Morgan fingerprint density at radius 3 is 2.33 bits per heavy atom. The molecule has 15 heavy (non-hydrogen) atoms. The number of hydrogen-bond acceptors (Lipinski definition) is 2. The molecule has 0 aromatic heterocycles. The summed E-state index contributed by atoms with van der Waals surface area (Å²) >= 11 is 0. The molecule has 0 bridgehead atoms. The maximum atomic E-state index is 9.71. The molecule has 0 saturated heterocycles. The second kappa shape index (κ2) is 4.23. The molecule has 0 aliphatic heterocycles. The van der Waals surface area contributed by atoms with Gasteiger partial charge in [0.25, 0.3) is 0 Å². The molecule has 2 heteroatoms. The number of aliphatic hydroxyl groups excluding tert-OH is 1. The highest BCUT2D eigenvalue weighted by Gasteiger charge is 2.32. The van der Waals surface area contributed by atoms with E-state index in [4.69, 9.17) is 4.74 Å². The van der Waals surface area contributed by atoms with Gasteiger partial charge >= 0.3 is 0 Å². The van der Waals surface area contributed by atoms with Crippen LogP contribution in [0.1, 0.15) is 31.2 Å². The molecular formula is C13H18O2. The Kier molecular flexibility index (Phi) is 2.96. The number of ether oxygens (including phenoxy) is 1. The van der Waals surface area contributed by atoms with E-state index in [-0.39, 0.29) is 6.10 Å². The fraction of sp³-hybridized carbons (Fsp3) is 0.538. The third-order valence-corrected chi connectivity index (χ3v) is 3.56. The standard InChI is InChI=1S/C13H18O2/c1-9-12(7-8-13(9)14)10-3-5-11(15-2)6-4-10/h3-6,9,12-14H,7-8H2,1-2H3. The van der Waals surface area contributed by atoms with Crippen LogP contribution in [0.15, 0.2) is 24.3 Å². The van der Waals surface area contributed by atoms with Gasteiger partial charge in [0, 0.05) is 0 Å². The van der Waals surface area contributed by atoms with Crippen molar-refractivity contribution in [1.29, 1.82) is 0 Å². The molecule has 2 nitrogen and oxygen atoms in total. The lowest BCUT2D eigenvalue weighted by atomic mass is 9.89. The topological polar surface area (TPSA) is 29.5 Å². The molecule has 3 unspecified atom stereocenters. The molecule has 1 aliphatic carbocycles. The third-order valence-electron chi connectivity index (χ3n) is 3.56. The van der Waals surface area contributed by atoms with Crippen LogP contribution in [-0.2, 0) is 0 Å². The first-order valence-electron chi connectivity index (χ1n) is 5.54. The highest BCUT2D eigenvalue weighted by Crippen LogP contribution is 2.39. The van der Waals surface area contributed by atoms with E-state index in [9.17, 15) is 5.11 Å². The normalized spacial score (nSPS) is 30.5. The molecule has 0 spiro atoms. The lowest BCUT2D eigenvalue weighted by Gasteiger charge is -2.17. The van der Waals surface area contributed by atoms with Crippen molar-refractivity contribution < 1.29 is 9.84 Å². The minimum absolute atomic E-state index is 0.128. The molecule has 1 aromatic carbocycles. The maximum Gasteiger partial charge on any atom is 0.118 e. The van der Waals surface area contributed by atoms with Crippen molar-refractivity contribution in [2.45, 2.75) is 31.8 Å². The average Bonchev–Trinajstić information content (AvgIpc) is 2.60. The van der Waals surface area contributed by atoms with Crippen LogP contribution in [-0.4, -0.2) is 18.3 Å². The molecule has 1 saturated carbocycles. The summed E-state index contributed by atoms with van der Waals surface area (Å²) in [4.78, 5) is 0. The highest BCUT2D eigenvalue weighted by molar-refractivity contribution is 5.30. The van der Waals surface area contributed by atoms with E-state index in [1.54, 1.807) is 7.11 Å². The minimum Gasteiger partial charge on any atom is -0.497 e. The minimum atomic E-state index is -0.128. The predicted octanol–water partition coefficient (Wildman–Crippen LogP) is 2.57. The number of aliphatic hydroxyl groups is 1. The van der Waals surface area contributed by atoms with Crippen LogP contribution < -0.4 is 4.74 Å². The lowest BCUT2D eigenvalue weighted by molar-refractivity contribution is 0.136. The van der Waals surface area contributed by atoms with Crippen molar-refractivity contribution in [3.05, 3.63) is 29.8 Å². The Bertz CT molecular complexity index is 318. The van der Waals surface area contributed by atoms with Gasteiger partial charge in [-0.15, -0.1) is 0 Å². The Hall–Kier alpha value is -1.02. The Balaban J connectivity index is 2.16. The summed E-state index contributed by atoms with van der Waals surface area (Å²) < 4.78 is 5.13. The zero-order valence-electron chi connectivity index (χ0n) is 9.31. The van der Waals surface area contributed by atoms with Gasteiger partial charge in [-0.2, -0.15) is 0 Å². The Labute approximate surface area is 90.9 Å². The number of hydrogen-bond donors (Lipinski definition) is 1. The van der Waals surface area contributed by atoms with Gasteiger partial charge in [0.2, 0.25) is 0 Å². The first kappa shape index (κ1) is 10.5. The number of methoxy groups -OCH3 is 1. The molecule has 1 aromatic rings. The summed E-state index contributed by atoms with van der Waals surface area (Å²) in [7, 11) is 1.68. The fourth-order valence-electron chi connectivity index (χ4n) is 2.47. The smallest absolute Gasteiger partial charge is 0.118 e. The van der Waals surface area contributed by atoms with Gasteiger partial charge in [0.05, 0.1) is 13.2 Å². The van der Waals surface area contributed by atoms with Crippen molar-refractivity contribution in [3.8, 4) is 5.75 Å². The number of rotatable bonds is 2. The summed E-state index contributed by atoms with van der Waals surface area (Å²) in [6.45, 7) is 2.13. The van der Waals surface area contributed by atoms with Crippen molar-refractivity contribution in [1.82, 2.24) is 0 Å². The van der Waals surface area contributed by atoms with Crippen LogP contribution >= 0.6 is 0 Å². The molecule has 1 N–H and O–H groups in total. The third kappa shape index (κ3) is 2.00. The zero-order valence-corrected chi connectivity index (χ0v) is 9.31. The van der Waals surface area contributed by atoms with Crippen LogP contribution in [0.3, 0.4) is 0 Å². The summed E-state index contributed by atoms with van der Waals surface area (Å²) in [6, 6.07) is 8.20.